The largest absolute Gasteiger partial charge is 0.461 e. The van der Waals surface area contributed by atoms with Gasteiger partial charge in [0.1, 0.15) is 6.61 Å². The predicted molar refractivity (Wildman–Crippen MR) is 93.4 cm³/mol. The molecule has 1 N–H and O–H groups in total. The van der Waals surface area contributed by atoms with Gasteiger partial charge in [-0.25, -0.2) is 0 Å². The monoisotopic (exact) mass is 318 g/mol. The second-order valence-electron chi connectivity index (χ2n) is 6.43. The topological polar surface area (TPSA) is 46.5 Å². The standard InChI is InChI=1S/C18H26O3Si/c1-6-13-21-18(20)16(15(19)7-2)17(22(3,4)5)14-11-9-8-10-12-14/h6-12,15-17,19H,1-2,13H2,3-5H3/t15-,16-,17-/m1/s1. The van der Waals surface area contributed by atoms with Crippen LogP contribution in [-0.4, -0.2) is 31.9 Å². The number of hydrogen-bond donors (Lipinski definition) is 1. The van der Waals surface area contributed by atoms with Gasteiger partial charge in [-0.15, -0.1) is 6.58 Å². The van der Waals surface area contributed by atoms with E-state index in [0.717, 1.165) is 5.56 Å². The zero-order chi connectivity index (χ0) is 16.8. The van der Waals surface area contributed by atoms with Gasteiger partial charge in [0, 0.05) is 0 Å². The smallest absolute Gasteiger partial charge is 0.312 e. The predicted octanol–water partition coefficient (Wildman–Crippen LogP) is 3.54. The number of carbonyl (C=O) groups is 1. The summed E-state index contributed by atoms with van der Waals surface area (Å²) in [6, 6.07) is 9.86. The molecule has 22 heavy (non-hydrogen) atoms. The molecule has 0 bridgehead atoms. The molecule has 0 radical (unpaired) electrons. The molecule has 0 saturated carbocycles. The number of benzene rings is 1. The zero-order valence-corrected chi connectivity index (χ0v) is 14.7. The van der Waals surface area contributed by atoms with Gasteiger partial charge in [0.25, 0.3) is 0 Å². The van der Waals surface area contributed by atoms with Crippen molar-refractivity contribution < 1.29 is 14.6 Å². The summed E-state index contributed by atoms with van der Waals surface area (Å²) in [5, 5.41) is 10.4. The number of hydrogen-bond acceptors (Lipinski definition) is 3. The number of carbonyl (C=O) groups excluding carboxylic acids is 1. The number of aliphatic hydroxyl groups is 1. The van der Waals surface area contributed by atoms with E-state index in [9.17, 15) is 9.90 Å². The van der Waals surface area contributed by atoms with E-state index in [1.165, 1.54) is 12.2 Å². The van der Waals surface area contributed by atoms with Gasteiger partial charge in [-0.2, -0.15) is 0 Å². The lowest BCUT2D eigenvalue weighted by Crippen LogP contribution is -2.44. The molecule has 0 fully saturated rings. The van der Waals surface area contributed by atoms with Gasteiger partial charge in [0.15, 0.2) is 0 Å². The van der Waals surface area contributed by atoms with E-state index < -0.39 is 26.1 Å². The second kappa shape index (κ2) is 8.10. The minimum absolute atomic E-state index is 0.0565. The highest BCUT2D eigenvalue weighted by Crippen LogP contribution is 2.37. The van der Waals surface area contributed by atoms with Gasteiger partial charge in [0.05, 0.1) is 20.1 Å². The van der Waals surface area contributed by atoms with Crippen LogP contribution in [0.1, 0.15) is 11.1 Å². The third-order valence-electron chi connectivity index (χ3n) is 3.68. The Balaban J connectivity index is 3.28. The molecule has 3 atom stereocenters. The summed E-state index contributed by atoms with van der Waals surface area (Å²) in [4.78, 5) is 12.5. The van der Waals surface area contributed by atoms with Crippen molar-refractivity contribution in [1.82, 2.24) is 0 Å². The van der Waals surface area contributed by atoms with E-state index in [1.54, 1.807) is 0 Å². The van der Waals surface area contributed by atoms with Gasteiger partial charge in [-0.1, -0.05) is 68.7 Å². The van der Waals surface area contributed by atoms with E-state index in [0.29, 0.717) is 0 Å². The maximum Gasteiger partial charge on any atom is 0.312 e. The van der Waals surface area contributed by atoms with Crippen LogP contribution in [0.2, 0.25) is 19.6 Å². The average molecular weight is 318 g/mol. The molecule has 0 aliphatic heterocycles. The first-order valence-corrected chi connectivity index (χ1v) is 11.0. The Kier molecular flexibility index (Phi) is 6.78. The first kappa shape index (κ1) is 18.4. The minimum atomic E-state index is -1.81. The Morgan fingerprint density at radius 1 is 1.27 bits per heavy atom. The zero-order valence-electron chi connectivity index (χ0n) is 13.7. The van der Waals surface area contributed by atoms with Crippen molar-refractivity contribution in [3.05, 3.63) is 61.2 Å². The Hall–Kier alpha value is -1.65. The molecule has 4 heteroatoms. The number of ether oxygens (including phenoxy) is 1. The summed E-state index contributed by atoms with van der Waals surface area (Å²) in [6.07, 6.45) is 2.01. The Labute approximate surface area is 134 Å². The molecule has 0 spiro atoms. The molecule has 1 aromatic carbocycles. The molecule has 0 amide bonds. The van der Waals surface area contributed by atoms with Crippen molar-refractivity contribution in [1.29, 1.82) is 0 Å². The minimum Gasteiger partial charge on any atom is -0.461 e. The fourth-order valence-corrected chi connectivity index (χ4v) is 5.37. The fourth-order valence-electron chi connectivity index (χ4n) is 2.76. The highest BCUT2D eigenvalue weighted by Gasteiger charge is 2.42. The fraction of sp³-hybridized carbons (Fsp3) is 0.389. The number of rotatable bonds is 8. The Morgan fingerprint density at radius 3 is 2.32 bits per heavy atom. The third-order valence-corrected chi connectivity index (χ3v) is 6.23. The van der Waals surface area contributed by atoms with E-state index in [1.807, 2.05) is 30.3 Å². The van der Waals surface area contributed by atoms with Crippen LogP contribution in [0.5, 0.6) is 0 Å². The van der Waals surface area contributed by atoms with Crippen molar-refractivity contribution >= 4 is 14.0 Å². The summed E-state index contributed by atoms with van der Waals surface area (Å²) in [5.41, 5.74) is 1.00. The highest BCUT2D eigenvalue weighted by atomic mass is 28.3. The van der Waals surface area contributed by atoms with Crippen molar-refractivity contribution in [2.24, 2.45) is 5.92 Å². The number of aliphatic hydroxyl groups excluding tert-OH is 1. The summed E-state index contributed by atoms with van der Waals surface area (Å²) in [5.74, 6) is -1.05. The van der Waals surface area contributed by atoms with Crippen LogP contribution >= 0.6 is 0 Å². The van der Waals surface area contributed by atoms with Crippen molar-refractivity contribution in [3.8, 4) is 0 Å². The van der Waals surface area contributed by atoms with Gasteiger partial charge >= 0.3 is 5.97 Å². The van der Waals surface area contributed by atoms with Crippen LogP contribution in [0.4, 0.5) is 0 Å². The summed E-state index contributed by atoms with van der Waals surface area (Å²) in [7, 11) is -1.81. The quantitative estimate of drug-likeness (QED) is 0.453. The molecule has 120 valence electrons. The van der Waals surface area contributed by atoms with Crippen LogP contribution in [0.15, 0.2) is 55.6 Å². The first-order chi connectivity index (χ1) is 10.3. The molecule has 0 saturated heterocycles. The highest BCUT2D eigenvalue weighted by molar-refractivity contribution is 6.77. The number of esters is 1. The molecule has 0 unspecified atom stereocenters. The molecule has 0 heterocycles. The lowest BCUT2D eigenvalue weighted by atomic mass is 9.93. The van der Waals surface area contributed by atoms with Crippen LogP contribution in [0.25, 0.3) is 0 Å². The lowest BCUT2D eigenvalue weighted by molar-refractivity contribution is -0.150. The molecular weight excluding hydrogens is 292 g/mol. The van der Waals surface area contributed by atoms with E-state index in [-0.39, 0.29) is 12.1 Å². The van der Waals surface area contributed by atoms with Crippen LogP contribution < -0.4 is 0 Å². The van der Waals surface area contributed by atoms with Crippen LogP contribution in [-0.2, 0) is 9.53 Å². The van der Waals surface area contributed by atoms with Crippen molar-refractivity contribution in [2.75, 3.05) is 6.61 Å². The normalized spacial score (nSPS) is 15.5. The average Bonchev–Trinajstić information content (AvgIpc) is 2.49. The second-order valence-corrected chi connectivity index (χ2v) is 11.8. The van der Waals surface area contributed by atoms with E-state index in [2.05, 4.69) is 32.8 Å². The molecule has 0 aromatic heterocycles. The Bertz CT molecular complexity index is 505. The lowest BCUT2D eigenvalue weighted by Gasteiger charge is -2.36. The molecule has 0 aliphatic carbocycles. The van der Waals surface area contributed by atoms with E-state index >= 15 is 0 Å². The van der Waals surface area contributed by atoms with Gasteiger partial charge < -0.3 is 9.84 Å². The summed E-state index contributed by atoms with van der Waals surface area (Å²) < 4.78 is 5.23. The summed E-state index contributed by atoms with van der Waals surface area (Å²) >= 11 is 0. The molecule has 3 nitrogen and oxygen atoms in total. The maximum absolute atomic E-state index is 12.5. The first-order valence-electron chi connectivity index (χ1n) is 7.46. The molecule has 1 rings (SSSR count). The van der Waals surface area contributed by atoms with Crippen molar-refractivity contribution in [2.45, 2.75) is 31.3 Å². The molecular formula is C18H26O3Si. The van der Waals surface area contributed by atoms with Gasteiger partial charge in [-0.3, -0.25) is 4.79 Å². The summed E-state index contributed by atoms with van der Waals surface area (Å²) in [6.45, 7) is 13.9. The van der Waals surface area contributed by atoms with Crippen LogP contribution in [0.3, 0.4) is 0 Å². The van der Waals surface area contributed by atoms with Gasteiger partial charge in [0.2, 0.25) is 0 Å². The van der Waals surface area contributed by atoms with E-state index in [4.69, 9.17) is 4.74 Å². The Morgan fingerprint density at radius 2 is 1.86 bits per heavy atom. The SMILES string of the molecule is C=CCOC(=O)[C@H]([C@H](O)C=C)[C@@H](c1ccccc1)[Si](C)(C)C. The van der Waals surface area contributed by atoms with Crippen molar-refractivity contribution in [3.63, 3.8) is 0 Å². The third kappa shape index (κ3) is 4.68. The molecule has 1 aromatic rings. The van der Waals surface area contributed by atoms with Crippen LogP contribution in [0, 0.1) is 5.92 Å². The maximum atomic E-state index is 12.5. The molecule has 0 aliphatic rings. The van der Waals surface area contributed by atoms with Gasteiger partial charge in [-0.05, 0) is 11.1 Å².